The van der Waals surface area contributed by atoms with Gasteiger partial charge >= 0.3 is 0 Å². The first-order chi connectivity index (χ1) is 14.1. The minimum absolute atomic E-state index is 0.00573. The maximum Gasteiger partial charge on any atom is 0.258 e. The molecule has 0 radical (unpaired) electrons. The van der Waals surface area contributed by atoms with E-state index in [1.54, 1.807) is 42.6 Å². The van der Waals surface area contributed by atoms with Crippen LogP contribution in [0.2, 0.25) is 0 Å². The Kier molecular flexibility index (Phi) is 5.24. The Labute approximate surface area is 168 Å². The SMILES string of the molecule is O=C1CCCc2cc(C(=O)N(Cc3ccccn3)c3ccccc3O)ccc2N1. The largest absolute Gasteiger partial charge is 0.506 e. The van der Waals surface area contributed by atoms with Crippen molar-refractivity contribution in [2.24, 2.45) is 0 Å². The molecule has 0 bridgehead atoms. The molecular formula is C23H21N3O3. The summed E-state index contributed by atoms with van der Waals surface area (Å²) in [6.07, 6.45) is 3.62. The highest BCUT2D eigenvalue weighted by atomic mass is 16.3. The Bertz CT molecular complexity index is 1050. The number of rotatable bonds is 4. The van der Waals surface area contributed by atoms with Gasteiger partial charge in [-0.15, -0.1) is 0 Å². The molecule has 2 N–H and O–H groups in total. The summed E-state index contributed by atoms with van der Waals surface area (Å²) in [5.41, 5.74) is 3.33. The predicted molar refractivity (Wildman–Crippen MR) is 111 cm³/mol. The standard InChI is InChI=1S/C23H21N3O3/c27-21-9-2-1-8-20(21)26(15-18-7-3-4-13-24-18)23(29)17-11-12-19-16(14-17)6-5-10-22(28)25-19/h1-4,7-9,11-14,27H,5-6,10,15H2,(H,25,28). The van der Waals surface area contributed by atoms with Crippen molar-refractivity contribution in [3.63, 3.8) is 0 Å². The number of pyridine rings is 1. The monoisotopic (exact) mass is 387 g/mol. The van der Waals surface area contributed by atoms with Crippen molar-refractivity contribution in [1.29, 1.82) is 0 Å². The number of fused-ring (bicyclic) bond motifs is 1. The number of hydrogen-bond donors (Lipinski definition) is 2. The molecule has 0 saturated carbocycles. The molecule has 2 aromatic carbocycles. The van der Waals surface area contributed by atoms with Crippen LogP contribution in [0.5, 0.6) is 5.75 Å². The second-order valence-corrected chi connectivity index (χ2v) is 6.97. The van der Waals surface area contributed by atoms with Gasteiger partial charge in [-0.1, -0.05) is 18.2 Å². The fraction of sp³-hybridized carbons (Fsp3) is 0.174. The summed E-state index contributed by atoms with van der Waals surface area (Å²) in [4.78, 5) is 31.1. The lowest BCUT2D eigenvalue weighted by atomic mass is 10.0. The number of carbonyl (C=O) groups excluding carboxylic acids is 2. The summed E-state index contributed by atoms with van der Waals surface area (Å²) in [6.45, 7) is 0.227. The number of aromatic nitrogens is 1. The van der Waals surface area contributed by atoms with Crippen molar-refractivity contribution < 1.29 is 14.7 Å². The lowest BCUT2D eigenvalue weighted by Gasteiger charge is -2.24. The number of para-hydroxylation sites is 2. The number of amides is 2. The molecule has 29 heavy (non-hydrogen) atoms. The minimum Gasteiger partial charge on any atom is -0.506 e. The van der Waals surface area contributed by atoms with E-state index in [4.69, 9.17) is 0 Å². The first-order valence-electron chi connectivity index (χ1n) is 9.54. The van der Waals surface area contributed by atoms with E-state index < -0.39 is 0 Å². The van der Waals surface area contributed by atoms with Gasteiger partial charge in [0.15, 0.2) is 0 Å². The van der Waals surface area contributed by atoms with Crippen molar-refractivity contribution in [1.82, 2.24) is 4.98 Å². The summed E-state index contributed by atoms with van der Waals surface area (Å²) in [6, 6.07) is 17.6. The van der Waals surface area contributed by atoms with Crippen LogP contribution in [0, 0.1) is 0 Å². The Balaban J connectivity index is 1.71. The lowest BCUT2D eigenvalue weighted by molar-refractivity contribution is -0.116. The Hall–Kier alpha value is -3.67. The molecule has 1 aromatic heterocycles. The van der Waals surface area contributed by atoms with Crippen LogP contribution in [0.15, 0.2) is 66.9 Å². The maximum atomic E-state index is 13.4. The van der Waals surface area contributed by atoms with Crippen LogP contribution in [0.4, 0.5) is 11.4 Å². The van der Waals surface area contributed by atoms with E-state index in [1.807, 2.05) is 24.3 Å². The summed E-state index contributed by atoms with van der Waals surface area (Å²) >= 11 is 0. The zero-order valence-corrected chi connectivity index (χ0v) is 15.8. The average molecular weight is 387 g/mol. The third-order valence-corrected chi connectivity index (χ3v) is 4.94. The molecule has 2 heterocycles. The molecule has 0 atom stereocenters. The molecule has 6 heteroatoms. The number of aryl methyl sites for hydroxylation is 1. The van der Waals surface area contributed by atoms with Crippen LogP contribution >= 0.6 is 0 Å². The zero-order chi connectivity index (χ0) is 20.2. The lowest BCUT2D eigenvalue weighted by Crippen LogP contribution is -2.31. The molecule has 0 aliphatic carbocycles. The highest BCUT2D eigenvalue weighted by molar-refractivity contribution is 6.07. The molecule has 0 fully saturated rings. The Morgan fingerprint density at radius 3 is 2.69 bits per heavy atom. The molecule has 2 amide bonds. The maximum absolute atomic E-state index is 13.4. The number of hydrogen-bond acceptors (Lipinski definition) is 4. The van der Waals surface area contributed by atoms with Crippen molar-refractivity contribution in [3.05, 3.63) is 83.7 Å². The second-order valence-electron chi connectivity index (χ2n) is 6.97. The number of aromatic hydroxyl groups is 1. The fourth-order valence-corrected chi connectivity index (χ4v) is 3.48. The molecule has 3 aromatic rings. The molecule has 4 rings (SSSR count). The van der Waals surface area contributed by atoms with Gasteiger partial charge < -0.3 is 10.4 Å². The topological polar surface area (TPSA) is 82.5 Å². The van der Waals surface area contributed by atoms with Gasteiger partial charge in [0, 0.05) is 23.9 Å². The van der Waals surface area contributed by atoms with Gasteiger partial charge in [-0.2, -0.15) is 0 Å². The van der Waals surface area contributed by atoms with Crippen LogP contribution in [0.1, 0.15) is 34.5 Å². The molecule has 0 saturated heterocycles. The fourth-order valence-electron chi connectivity index (χ4n) is 3.48. The van der Waals surface area contributed by atoms with Crippen LogP contribution < -0.4 is 10.2 Å². The molecule has 0 unspecified atom stereocenters. The third kappa shape index (κ3) is 4.11. The van der Waals surface area contributed by atoms with E-state index in [2.05, 4.69) is 10.3 Å². The number of carbonyl (C=O) groups is 2. The van der Waals surface area contributed by atoms with Crippen LogP contribution in [0.25, 0.3) is 0 Å². The van der Waals surface area contributed by atoms with Gasteiger partial charge in [0.05, 0.1) is 17.9 Å². The van der Waals surface area contributed by atoms with Crippen molar-refractivity contribution in [2.45, 2.75) is 25.8 Å². The van der Waals surface area contributed by atoms with E-state index in [0.29, 0.717) is 23.4 Å². The van der Waals surface area contributed by atoms with Crippen molar-refractivity contribution >= 4 is 23.2 Å². The van der Waals surface area contributed by atoms with E-state index in [1.165, 1.54) is 4.90 Å². The zero-order valence-electron chi connectivity index (χ0n) is 15.8. The number of phenols is 1. The highest BCUT2D eigenvalue weighted by Gasteiger charge is 2.23. The Morgan fingerprint density at radius 1 is 1.07 bits per heavy atom. The number of phenolic OH excluding ortho intramolecular Hbond substituents is 1. The van der Waals surface area contributed by atoms with Crippen molar-refractivity contribution in [3.8, 4) is 5.75 Å². The average Bonchev–Trinajstić information content (AvgIpc) is 2.93. The summed E-state index contributed by atoms with van der Waals surface area (Å²) < 4.78 is 0. The first-order valence-corrected chi connectivity index (χ1v) is 9.54. The van der Waals surface area contributed by atoms with Gasteiger partial charge in [-0.25, -0.2) is 0 Å². The van der Waals surface area contributed by atoms with E-state index in [-0.39, 0.29) is 24.1 Å². The van der Waals surface area contributed by atoms with E-state index >= 15 is 0 Å². The predicted octanol–water partition coefficient (Wildman–Crippen LogP) is 3.91. The second kappa shape index (κ2) is 8.14. The van der Waals surface area contributed by atoms with Gasteiger partial charge in [-0.05, 0) is 60.9 Å². The summed E-state index contributed by atoms with van der Waals surface area (Å²) in [5.74, 6) is -0.219. The highest BCUT2D eigenvalue weighted by Crippen LogP contribution is 2.30. The molecular weight excluding hydrogens is 366 g/mol. The smallest absolute Gasteiger partial charge is 0.258 e. The van der Waals surface area contributed by atoms with Gasteiger partial charge in [0.1, 0.15) is 5.75 Å². The molecule has 1 aliphatic rings. The van der Waals surface area contributed by atoms with Crippen LogP contribution in [-0.4, -0.2) is 21.9 Å². The minimum atomic E-state index is -0.240. The number of nitrogens with one attached hydrogen (secondary N) is 1. The number of benzene rings is 2. The summed E-state index contributed by atoms with van der Waals surface area (Å²) in [5, 5.41) is 13.2. The van der Waals surface area contributed by atoms with Crippen molar-refractivity contribution in [2.75, 3.05) is 10.2 Å². The third-order valence-electron chi connectivity index (χ3n) is 4.94. The first kappa shape index (κ1) is 18.7. The van der Waals surface area contributed by atoms with Gasteiger partial charge in [0.25, 0.3) is 5.91 Å². The van der Waals surface area contributed by atoms with Gasteiger partial charge in [0.2, 0.25) is 5.91 Å². The molecule has 6 nitrogen and oxygen atoms in total. The summed E-state index contributed by atoms with van der Waals surface area (Å²) in [7, 11) is 0. The number of anilines is 2. The van der Waals surface area contributed by atoms with E-state index in [0.717, 1.165) is 24.1 Å². The molecule has 146 valence electrons. The Morgan fingerprint density at radius 2 is 1.90 bits per heavy atom. The molecule has 0 spiro atoms. The van der Waals surface area contributed by atoms with Gasteiger partial charge in [-0.3, -0.25) is 19.5 Å². The molecule has 1 aliphatic heterocycles. The van der Waals surface area contributed by atoms with E-state index in [9.17, 15) is 14.7 Å². The number of nitrogens with zero attached hydrogens (tertiary/aromatic N) is 2. The normalized spacial score (nSPS) is 13.2. The van der Waals surface area contributed by atoms with Crippen LogP contribution in [0.3, 0.4) is 0 Å². The quantitative estimate of drug-likeness (QED) is 0.711. The van der Waals surface area contributed by atoms with Crippen LogP contribution in [-0.2, 0) is 17.8 Å².